The number of hydrogen-bond acceptors (Lipinski definition) is 3. The molecular weight excluding hydrogens is 301 g/mol. The lowest BCUT2D eigenvalue weighted by atomic mass is 10.0. The Hall–Kier alpha value is -2.09. The summed E-state index contributed by atoms with van der Waals surface area (Å²) < 4.78 is 42.4. The van der Waals surface area contributed by atoms with Gasteiger partial charge in [-0.15, -0.1) is 0 Å². The van der Waals surface area contributed by atoms with Gasteiger partial charge in [-0.05, 0) is 24.6 Å². The second-order valence-electron chi connectivity index (χ2n) is 5.28. The summed E-state index contributed by atoms with van der Waals surface area (Å²) in [5.74, 6) is -0.473. The lowest BCUT2D eigenvalue weighted by molar-refractivity contribution is -0.137. The number of amides is 3. The van der Waals surface area contributed by atoms with Crippen LogP contribution >= 0.6 is 0 Å². The van der Waals surface area contributed by atoms with E-state index in [1.165, 1.54) is 26.2 Å². The quantitative estimate of drug-likeness (QED) is 0.866. The molecule has 22 heavy (non-hydrogen) atoms. The van der Waals surface area contributed by atoms with E-state index in [-0.39, 0.29) is 13.2 Å². The summed E-state index contributed by atoms with van der Waals surface area (Å²) in [6, 6.07) is 3.74. The number of halogens is 3. The van der Waals surface area contributed by atoms with Crippen LogP contribution in [0.5, 0.6) is 0 Å². The SMILES string of the molecule is COCC1(C)NC(=O)N(Cc2ccc(C(F)(F)F)cc2)C1=O. The third-order valence-electron chi connectivity index (χ3n) is 3.40. The highest BCUT2D eigenvalue weighted by molar-refractivity contribution is 6.06. The standard InChI is InChI=1S/C14H15F3N2O3/c1-13(8-22-2)11(20)19(12(21)18-13)7-9-3-5-10(6-4-9)14(15,16)17/h3-6H,7-8H2,1-2H3,(H,18,21). The maximum absolute atomic E-state index is 12.5. The zero-order valence-corrected chi connectivity index (χ0v) is 12.0. The predicted octanol–water partition coefficient (Wildman–Crippen LogP) is 2.16. The minimum atomic E-state index is -4.42. The van der Waals surface area contributed by atoms with E-state index in [0.29, 0.717) is 5.56 Å². The van der Waals surface area contributed by atoms with Gasteiger partial charge in [-0.25, -0.2) is 4.79 Å². The first-order valence-electron chi connectivity index (χ1n) is 6.46. The molecule has 1 fully saturated rings. The summed E-state index contributed by atoms with van der Waals surface area (Å²) in [5.41, 5.74) is -1.51. The number of hydrogen-bond donors (Lipinski definition) is 1. The average molecular weight is 316 g/mol. The van der Waals surface area contributed by atoms with E-state index in [1.807, 2.05) is 0 Å². The Labute approximate surface area is 125 Å². The molecule has 1 aromatic carbocycles. The maximum atomic E-state index is 12.5. The van der Waals surface area contributed by atoms with Crippen molar-refractivity contribution in [3.8, 4) is 0 Å². The van der Waals surface area contributed by atoms with Crippen molar-refractivity contribution in [1.82, 2.24) is 10.2 Å². The van der Waals surface area contributed by atoms with Gasteiger partial charge in [0, 0.05) is 7.11 Å². The third kappa shape index (κ3) is 3.06. The highest BCUT2D eigenvalue weighted by atomic mass is 19.4. The van der Waals surface area contributed by atoms with E-state index >= 15 is 0 Å². The largest absolute Gasteiger partial charge is 0.416 e. The van der Waals surface area contributed by atoms with Crippen molar-refractivity contribution in [2.45, 2.75) is 25.2 Å². The Bertz CT molecular complexity index is 586. The molecule has 0 saturated carbocycles. The highest BCUT2D eigenvalue weighted by Crippen LogP contribution is 2.29. The number of imide groups is 1. The van der Waals surface area contributed by atoms with Gasteiger partial charge in [-0.1, -0.05) is 12.1 Å². The van der Waals surface area contributed by atoms with Gasteiger partial charge in [0.25, 0.3) is 5.91 Å². The van der Waals surface area contributed by atoms with Crippen LogP contribution in [-0.4, -0.2) is 36.1 Å². The number of rotatable bonds is 4. The second-order valence-corrected chi connectivity index (χ2v) is 5.28. The van der Waals surface area contributed by atoms with E-state index in [4.69, 9.17) is 4.74 Å². The van der Waals surface area contributed by atoms with E-state index in [0.717, 1.165) is 17.0 Å². The van der Waals surface area contributed by atoms with Crippen LogP contribution in [0.15, 0.2) is 24.3 Å². The zero-order chi connectivity index (χ0) is 16.5. The third-order valence-corrected chi connectivity index (χ3v) is 3.40. The molecule has 5 nitrogen and oxygen atoms in total. The summed E-state index contributed by atoms with van der Waals surface area (Å²) in [6.45, 7) is 1.45. The van der Waals surface area contributed by atoms with E-state index in [9.17, 15) is 22.8 Å². The minimum absolute atomic E-state index is 0.0150. The second kappa shape index (κ2) is 5.60. The number of alkyl halides is 3. The van der Waals surface area contributed by atoms with Gasteiger partial charge in [0.1, 0.15) is 5.54 Å². The molecule has 1 unspecified atom stereocenters. The number of nitrogens with zero attached hydrogens (tertiary/aromatic N) is 1. The lowest BCUT2D eigenvalue weighted by Crippen LogP contribution is -2.47. The van der Waals surface area contributed by atoms with Crippen molar-refractivity contribution in [2.24, 2.45) is 0 Å². The smallest absolute Gasteiger partial charge is 0.382 e. The Morgan fingerprint density at radius 1 is 1.23 bits per heavy atom. The number of carbonyl (C=O) groups is 2. The van der Waals surface area contributed by atoms with Gasteiger partial charge in [-0.2, -0.15) is 13.2 Å². The molecule has 1 atom stereocenters. The van der Waals surface area contributed by atoms with Gasteiger partial charge < -0.3 is 10.1 Å². The molecule has 1 heterocycles. The molecule has 0 spiro atoms. The molecule has 0 radical (unpaired) electrons. The number of carbonyl (C=O) groups excluding carboxylic acids is 2. The first-order valence-corrected chi connectivity index (χ1v) is 6.46. The molecule has 0 bridgehead atoms. The number of ether oxygens (including phenoxy) is 1. The first-order chi connectivity index (χ1) is 10.2. The lowest BCUT2D eigenvalue weighted by Gasteiger charge is -2.20. The molecule has 0 aliphatic carbocycles. The molecule has 1 aliphatic heterocycles. The van der Waals surface area contributed by atoms with Crippen molar-refractivity contribution in [3.63, 3.8) is 0 Å². The summed E-state index contributed by atoms with van der Waals surface area (Å²) in [4.78, 5) is 25.1. The van der Waals surface area contributed by atoms with Crippen molar-refractivity contribution in [1.29, 1.82) is 0 Å². The summed E-state index contributed by atoms with van der Waals surface area (Å²) in [5, 5.41) is 2.52. The van der Waals surface area contributed by atoms with E-state index < -0.39 is 29.2 Å². The average Bonchev–Trinajstić information content (AvgIpc) is 2.62. The van der Waals surface area contributed by atoms with Crippen LogP contribution < -0.4 is 5.32 Å². The van der Waals surface area contributed by atoms with Crippen molar-refractivity contribution in [2.75, 3.05) is 13.7 Å². The fraction of sp³-hybridized carbons (Fsp3) is 0.429. The Morgan fingerprint density at radius 2 is 1.82 bits per heavy atom. The number of benzene rings is 1. The van der Waals surface area contributed by atoms with Crippen LogP contribution in [0.25, 0.3) is 0 Å². The van der Waals surface area contributed by atoms with Gasteiger partial charge >= 0.3 is 12.2 Å². The molecule has 1 N–H and O–H groups in total. The molecule has 0 aromatic heterocycles. The van der Waals surface area contributed by atoms with Crippen LogP contribution in [0.2, 0.25) is 0 Å². The summed E-state index contributed by atoms with van der Waals surface area (Å²) in [6.07, 6.45) is -4.42. The van der Waals surface area contributed by atoms with Gasteiger partial charge in [0.2, 0.25) is 0 Å². The van der Waals surface area contributed by atoms with Gasteiger partial charge in [-0.3, -0.25) is 9.69 Å². The van der Waals surface area contributed by atoms with Crippen molar-refractivity contribution >= 4 is 11.9 Å². The molecule has 120 valence electrons. The predicted molar refractivity (Wildman–Crippen MR) is 70.8 cm³/mol. The molecular formula is C14H15F3N2O3. The van der Waals surface area contributed by atoms with Crippen molar-refractivity contribution in [3.05, 3.63) is 35.4 Å². The van der Waals surface area contributed by atoms with Crippen LogP contribution in [0.3, 0.4) is 0 Å². The Kier molecular flexibility index (Phi) is 4.15. The highest BCUT2D eigenvalue weighted by Gasteiger charge is 2.47. The molecule has 8 heteroatoms. The van der Waals surface area contributed by atoms with Gasteiger partial charge in [0.15, 0.2) is 0 Å². The monoisotopic (exact) mass is 316 g/mol. The fourth-order valence-corrected chi connectivity index (χ4v) is 2.26. The van der Waals surface area contributed by atoms with E-state index in [1.54, 1.807) is 0 Å². The first kappa shape index (κ1) is 16.3. The summed E-state index contributed by atoms with van der Waals surface area (Å²) in [7, 11) is 1.41. The van der Waals surface area contributed by atoms with Crippen LogP contribution in [0.4, 0.5) is 18.0 Å². The zero-order valence-electron chi connectivity index (χ0n) is 12.0. The van der Waals surface area contributed by atoms with Crippen LogP contribution in [0, 0.1) is 0 Å². The van der Waals surface area contributed by atoms with Gasteiger partial charge in [0.05, 0.1) is 18.7 Å². The minimum Gasteiger partial charge on any atom is -0.382 e. The number of urea groups is 1. The molecule has 1 saturated heterocycles. The topological polar surface area (TPSA) is 58.6 Å². The van der Waals surface area contributed by atoms with Crippen LogP contribution in [-0.2, 0) is 22.3 Å². The maximum Gasteiger partial charge on any atom is 0.416 e. The normalized spacial score (nSPS) is 22.1. The molecule has 1 aromatic rings. The number of nitrogens with one attached hydrogen (secondary N) is 1. The molecule has 2 rings (SSSR count). The Morgan fingerprint density at radius 3 is 2.32 bits per heavy atom. The molecule has 1 aliphatic rings. The number of methoxy groups -OCH3 is 1. The van der Waals surface area contributed by atoms with E-state index in [2.05, 4.69) is 5.32 Å². The fourth-order valence-electron chi connectivity index (χ4n) is 2.26. The van der Waals surface area contributed by atoms with Crippen LogP contribution in [0.1, 0.15) is 18.1 Å². The molecule has 3 amide bonds. The van der Waals surface area contributed by atoms with Crippen molar-refractivity contribution < 1.29 is 27.5 Å². The Balaban J connectivity index is 2.14. The summed E-state index contributed by atoms with van der Waals surface area (Å²) >= 11 is 0.